The molecule has 0 bridgehead atoms. The Hall–Kier alpha value is -9.70. The maximum atomic E-state index is 6.92. The molecule has 16 rings (SSSR count). The molecule has 374 valence electrons. The Morgan fingerprint density at radius 2 is 0.797 bits per heavy atom. The molecule has 0 atom stereocenters. The molecule has 79 heavy (non-hydrogen) atoms. The first kappa shape index (κ1) is 45.5. The van der Waals surface area contributed by atoms with Crippen LogP contribution in [0.15, 0.2) is 259 Å². The number of rotatable bonds is 7. The van der Waals surface area contributed by atoms with Gasteiger partial charge in [0, 0.05) is 49.4 Å². The van der Waals surface area contributed by atoms with Crippen LogP contribution in [0.2, 0.25) is 0 Å². The van der Waals surface area contributed by atoms with E-state index in [1.165, 1.54) is 94.0 Å². The summed E-state index contributed by atoms with van der Waals surface area (Å²) < 4.78 is 9.38. The highest BCUT2D eigenvalue weighted by Crippen LogP contribution is 2.52. The van der Waals surface area contributed by atoms with Gasteiger partial charge in [0.2, 0.25) is 0 Å². The standard InChI is InChI=1S/C76H54N2O/c1-75(2)65-23-13-10-20-58(65)60-38-28-51(44-67(60)75)49-30-40-69-63(42-49)64-43-50(52-29-39-61-59-21-11-14-24-66(59)76(3,4)68(61)45-52)31-41-70(64)78(69)56-36-34-55(35-37-56)77(54-32-26-48(27-33-54)47-16-6-5-7-17-47)71-46-53-18-8-9-19-57(53)73-62-22-12-15-25-72(62)79-74(71)73/h5-46H,1-4H3. The van der Waals surface area contributed by atoms with Crippen LogP contribution in [0.25, 0.3) is 116 Å². The Kier molecular flexibility index (Phi) is 9.73. The topological polar surface area (TPSA) is 21.3 Å². The van der Waals surface area contributed by atoms with E-state index in [0.29, 0.717) is 0 Å². The molecule has 0 unspecified atom stereocenters. The Labute approximate surface area is 459 Å². The predicted molar refractivity (Wildman–Crippen MR) is 332 cm³/mol. The van der Waals surface area contributed by atoms with Crippen LogP contribution in [0.4, 0.5) is 17.1 Å². The van der Waals surface area contributed by atoms with E-state index in [4.69, 9.17) is 4.42 Å². The quantitative estimate of drug-likeness (QED) is 0.159. The molecular weight excluding hydrogens is 957 g/mol. The van der Waals surface area contributed by atoms with Crippen LogP contribution in [0.3, 0.4) is 0 Å². The van der Waals surface area contributed by atoms with Gasteiger partial charge in [-0.3, -0.25) is 0 Å². The molecule has 0 spiro atoms. The summed E-state index contributed by atoms with van der Waals surface area (Å²) in [5.74, 6) is 0. The van der Waals surface area contributed by atoms with E-state index < -0.39 is 0 Å². The lowest BCUT2D eigenvalue weighted by atomic mass is 9.81. The molecule has 12 aromatic carbocycles. The summed E-state index contributed by atoms with van der Waals surface area (Å²) >= 11 is 0. The number of benzene rings is 12. The molecule has 14 aromatic rings. The Morgan fingerprint density at radius 1 is 0.342 bits per heavy atom. The minimum absolute atomic E-state index is 0.0948. The molecular formula is C76H54N2O. The number of aromatic nitrogens is 1. The monoisotopic (exact) mass is 1010 g/mol. The summed E-state index contributed by atoms with van der Waals surface area (Å²) in [6.45, 7) is 9.47. The normalized spacial score (nSPS) is 13.8. The third kappa shape index (κ3) is 6.79. The number of hydrogen-bond acceptors (Lipinski definition) is 2. The number of nitrogens with zero attached hydrogens (tertiary/aromatic N) is 2. The molecule has 2 aliphatic carbocycles. The molecule has 0 aliphatic heterocycles. The van der Waals surface area contributed by atoms with Crippen molar-refractivity contribution in [1.82, 2.24) is 4.57 Å². The van der Waals surface area contributed by atoms with Gasteiger partial charge in [-0.1, -0.05) is 198 Å². The molecule has 2 aliphatic rings. The third-order valence-corrected chi connectivity index (χ3v) is 17.8. The second-order valence-corrected chi connectivity index (χ2v) is 22.8. The summed E-state index contributed by atoms with van der Waals surface area (Å²) in [7, 11) is 0. The van der Waals surface area contributed by atoms with E-state index in [1.807, 2.05) is 0 Å². The van der Waals surface area contributed by atoms with Gasteiger partial charge in [-0.2, -0.15) is 0 Å². The lowest BCUT2D eigenvalue weighted by Crippen LogP contribution is -2.14. The minimum atomic E-state index is -0.0948. The van der Waals surface area contributed by atoms with Gasteiger partial charge in [0.15, 0.2) is 5.58 Å². The van der Waals surface area contributed by atoms with Gasteiger partial charge < -0.3 is 13.9 Å². The maximum Gasteiger partial charge on any atom is 0.160 e. The molecule has 2 aromatic heterocycles. The van der Waals surface area contributed by atoms with E-state index >= 15 is 0 Å². The minimum Gasteiger partial charge on any atom is -0.454 e. The fourth-order valence-corrected chi connectivity index (χ4v) is 13.8. The fraction of sp³-hybridized carbons (Fsp3) is 0.0789. The Balaban J connectivity index is 0.868. The molecule has 3 nitrogen and oxygen atoms in total. The molecule has 0 fully saturated rings. The summed E-state index contributed by atoms with van der Waals surface area (Å²) in [5.41, 5.74) is 26.1. The van der Waals surface area contributed by atoms with E-state index in [-0.39, 0.29) is 10.8 Å². The largest absolute Gasteiger partial charge is 0.454 e. The highest BCUT2D eigenvalue weighted by molar-refractivity contribution is 6.23. The van der Waals surface area contributed by atoms with Crippen molar-refractivity contribution in [3.63, 3.8) is 0 Å². The average Bonchev–Trinajstić information content (AvgIpc) is 4.30. The van der Waals surface area contributed by atoms with E-state index in [0.717, 1.165) is 61.1 Å². The zero-order valence-electron chi connectivity index (χ0n) is 44.6. The summed E-state index contributed by atoms with van der Waals surface area (Å²) in [6, 6.07) is 94.3. The van der Waals surface area contributed by atoms with E-state index in [1.54, 1.807) is 0 Å². The lowest BCUT2D eigenvalue weighted by Gasteiger charge is -2.26. The van der Waals surface area contributed by atoms with Crippen LogP contribution in [-0.2, 0) is 10.8 Å². The van der Waals surface area contributed by atoms with Crippen LogP contribution in [-0.4, -0.2) is 4.57 Å². The maximum absolute atomic E-state index is 6.92. The first-order chi connectivity index (χ1) is 38.7. The zero-order valence-corrected chi connectivity index (χ0v) is 44.6. The molecule has 0 radical (unpaired) electrons. The molecule has 2 heterocycles. The van der Waals surface area contributed by atoms with Crippen molar-refractivity contribution in [3.05, 3.63) is 277 Å². The van der Waals surface area contributed by atoms with Crippen LogP contribution < -0.4 is 4.90 Å². The molecule has 0 saturated heterocycles. The molecule has 0 saturated carbocycles. The average molecular weight is 1010 g/mol. The summed E-state index contributed by atoms with van der Waals surface area (Å²) in [5, 5.41) is 7.01. The van der Waals surface area contributed by atoms with Crippen molar-refractivity contribution >= 4 is 71.6 Å². The smallest absolute Gasteiger partial charge is 0.160 e. The van der Waals surface area contributed by atoms with Gasteiger partial charge in [0.05, 0.1) is 16.7 Å². The lowest BCUT2D eigenvalue weighted by molar-refractivity contribution is 0.660. The number of fused-ring (bicyclic) bond motifs is 14. The SMILES string of the molecule is CC1(C)c2ccccc2-c2ccc(-c3ccc4c(c3)c3cc(-c5ccc6c(c5)C(C)(C)c5ccccc5-6)ccc3n4-c3ccc(N(c4ccc(-c5ccccc5)cc4)c4cc5ccccc5c5c4oc4ccccc45)cc3)cc21. The van der Waals surface area contributed by atoms with Crippen molar-refractivity contribution in [1.29, 1.82) is 0 Å². The van der Waals surface area contributed by atoms with Gasteiger partial charge in [-0.25, -0.2) is 0 Å². The van der Waals surface area contributed by atoms with Gasteiger partial charge >= 0.3 is 0 Å². The highest BCUT2D eigenvalue weighted by Gasteiger charge is 2.37. The van der Waals surface area contributed by atoms with Gasteiger partial charge in [-0.05, 0) is 174 Å². The van der Waals surface area contributed by atoms with Gasteiger partial charge in [0.25, 0.3) is 0 Å². The first-order valence-electron chi connectivity index (χ1n) is 27.6. The number of furan rings is 1. The van der Waals surface area contributed by atoms with E-state index in [2.05, 4.69) is 292 Å². The fourth-order valence-electron chi connectivity index (χ4n) is 13.8. The number of hydrogen-bond donors (Lipinski definition) is 0. The number of anilines is 3. The highest BCUT2D eigenvalue weighted by atomic mass is 16.3. The van der Waals surface area contributed by atoms with Crippen molar-refractivity contribution < 1.29 is 4.42 Å². The second kappa shape index (κ2) is 16.9. The van der Waals surface area contributed by atoms with Crippen LogP contribution in [0.5, 0.6) is 0 Å². The summed E-state index contributed by atoms with van der Waals surface area (Å²) in [6.07, 6.45) is 0. The van der Waals surface area contributed by atoms with Crippen molar-refractivity contribution in [2.75, 3.05) is 4.90 Å². The van der Waals surface area contributed by atoms with E-state index in [9.17, 15) is 0 Å². The van der Waals surface area contributed by atoms with Crippen molar-refractivity contribution in [3.8, 4) is 61.3 Å². The van der Waals surface area contributed by atoms with Crippen LogP contribution >= 0.6 is 0 Å². The number of para-hydroxylation sites is 1. The predicted octanol–water partition coefficient (Wildman–Crippen LogP) is 20.9. The molecule has 0 amide bonds. The van der Waals surface area contributed by atoms with Crippen LogP contribution in [0.1, 0.15) is 49.9 Å². The molecule has 0 N–H and O–H groups in total. The van der Waals surface area contributed by atoms with Crippen molar-refractivity contribution in [2.24, 2.45) is 0 Å². The Bertz CT molecular complexity index is 4660. The third-order valence-electron chi connectivity index (χ3n) is 17.8. The first-order valence-corrected chi connectivity index (χ1v) is 27.6. The van der Waals surface area contributed by atoms with Gasteiger partial charge in [0.1, 0.15) is 5.58 Å². The van der Waals surface area contributed by atoms with Crippen molar-refractivity contribution in [2.45, 2.75) is 38.5 Å². The zero-order chi connectivity index (χ0) is 52.7. The van der Waals surface area contributed by atoms with Gasteiger partial charge in [-0.15, -0.1) is 0 Å². The second-order valence-electron chi connectivity index (χ2n) is 22.8. The molecule has 3 heteroatoms. The summed E-state index contributed by atoms with van der Waals surface area (Å²) in [4.78, 5) is 2.37. The Morgan fingerprint density at radius 3 is 1.41 bits per heavy atom. The van der Waals surface area contributed by atoms with Crippen LogP contribution in [0, 0.1) is 0 Å².